The highest BCUT2D eigenvalue weighted by molar-refractivity contribution is 6.06. The normalized spacial score (nSPS) is 11.4. The lowest BCUT2D eigenvalue weighted by molar-refractivity contribution is 0.487. The molecule has 9 aromatic carbocycles. The van der Waals surface area contributed by atoms with Gasteiger partial charge in [-0.05, 0) is 130 Å². The van der Waals surface area contributed by atoms with Crippen LogP contribution in [0.1, 0.15) is 0 Å². The fraction of sp³-hybridized carbons (Fsp3) is 0. The summed E-state index contributed by atoms with van der Waals surface area (Å²) in [4.78, 5) is 4.57. The van der Waals surface area contributed by atoms with Crippen molar-refractivity contribution >= 4 is 44.9 Å². The van der Waals surface area contributed by atoms with Gasteiger partial charge in [-0.3, -0.25) is 0 Å². The van der Waals surface area contributed by atoms with Gasteiger partial charge in [0.25, 0.3) is 0 Å². The average molecular weight is 705 g/mol. The van der Waals surface area contributed by atoms with Crippen LogP contribution in [-0.2, 0) is 0 Å². The second-order valence-electron chi connectivity index (χ2n) is 13.8. The van der Waals surface area contributed by atoms with E-state index in [2.05, 4.69) is 228 Å². The smallest absolute Gasteiger partial charge is 0.136 e. The Hall–Kier alpha value is -7.36. The fourth-order valence-corrected chi connectivity index (χ4v) is 7.80. The minimum absolute atomic E-state index is 0.866. The molecule has 55 heavy (non-hydrogen) atoms. The van der Waals surface area contributed by atoms with Crippen LogP contribution in [-0.4, -0.2) is 0 Å². The summed E-state index contributed by atoms with van der Waals surface area (Å²) in [5, 5.41) is 2.31. The van der Waals surface area contributed by atoms with Gasteiger partial charge in [0.1, 0.15) is 11.5 Å². The van der Waals surface area contributed by atoms with E-state index in [0.29, 0.717) is 0 Å². The van der Waals surface area contributed by atoms with Gasteiger partial charge >= 0.3 is 0 Å². The number of anilines is 6. The van der Waals surface area contributed by atoms with Crippen molar-refractivity contribution < 1.29 is 4.74 Å². The number of nitrogens with zero attached hydrogens (tertiary/aromatic N) is 2. The number of rotatable bonds is 8. The van der Waals surface area contributed by atoms with Gasteiger partial charge in [-0.1, -0.05) is 121 Å². The molecular formula is C52H36N2O. The Labute approximate surface area is 321 Å². The molecule has 0 unspecified atom stereocenters. The first-order valence-electron chi connectivity index (χ1n) is 18.7. The average Bonchev–Trinajstić information content (AvgIpc) is 3.26. The third kappa shape index (κ3) is 6.08. The van der Waals surface area contributed by atoms with E-state index < -0.39 is 0 Å². The molecule has 0 aliphatic carbocycles. The molecule has 0 spiro atoms. The van der Waals surface area contributed by atoms with Crippen molar-refractivity contribution in [1.29, 1.82) is 0 Å². The first-order chi connectivity index (χ1) is 27.3. The van der Waals surface area contributed by atoms with E-state index in [0.717, 1.165) is 84.2 Å². The van der Waals surface area contributed by atoms with Gasteiger partial charge in [0.15, 0.2) is 0 Å². The van der Waals surface area contributed by atoms with Crippen LogP contribution < -0.4 is 14.5 Å². The zero-order valence-electron chi connectivity index (χ0n) is 30.1. The molecule has 1 heterocycles. The van der Waals surface area contributed by atoms with Crippen LogP contribution >= 0.6 is 0 Å². The number of para-hydroxylation sites is 4. The summed E-state index contributed by atoms with van der Waals surface area (Å²) in [7, 11) is 0. The van der Waals surface area contributed by atoms with Gasteiger partial charge in [-0.25, -0.2) is 0 Å². The zero-order valence-corrected chi connectivity index (χ0v) is 30.1. The lowest BCUT2D eigenvalue weighted by Crippen LogP contribution is -2.09. The molecule has 0 N–H and O–H groups in total. The molecule has 260 valence electrons. The Morgan fingerprint density at radius 2 is 0.691 bits per heavy atom. The molecule has 0 saturated heterocycles. The van der Waals surface area contributed by atoms with Crippen molar-refractivity contribution in [1.82, 2.24) is 0 Å². The molecule has 3 nitrogen and oxygen atoms in total. The zero-order chi connectivity index (χ0) is 36.6. The highest BCUT2D eigenvalue weighted by Crippen LogP contribution is 2.49. The molecule has 1 aliphatic rings. The molecule has 0 fully saturated rings. The summed E-state index contributed by atoms with van der Waals surface area (Å²) in [6.07, 6.45) is 0. The van der Waals surface area contributed by atoms with Crippen LogP contribution in [0.15, 0.2) is 218 Å². The first kappa shape index (κ1) is 32.3. The van der Waals surface area contributed by atoms with Crippen molar-refractivity contribution in [3.63, 3.8) is 0 Å². The molecule has 1 aliphatic heterocycles. The second-order valence-corrected chi connectivity index (χ2v) is 13.8. The van der Waals surface area contributed by atoms with Crippen LogP contribution in [0, 0.1) is 0 Å². The summed E-state index contributed by atoms with van der Waals surface area (Å²) < 4.78 is 6.81. The standard InChI is InChI=1S/C52H36N2O/c1-5-15-42(16-6-1)53(43-17-7-2-8-18-43)46-29-24-37(25-30-46)39-28-33-48-49-23-13-14-40-34-41(36-51(52(40)49)55-50(48)35-39)38-26-31-47(32-27-38)54(44-19-9-3-10-20-44)45-21-11-4-12-22-45/h1-36H. The lowest BCUT2D eigenvalue weighted by Gasteiger charge is -2.26. The number of ether oxygens (including phenoxy) is 1. The van der Waals surface area contributed by atoms with Gasteiger partial charge in [0.05, 0.1) is 0 Å². The van der Waals surface area contributed by atoms with Crippen LogP contribution in [0.2, 0.25) is 0 Å². The van der Waals surface area contributed by atoms with E-state index in [1.54, 1.807) is 0 Å². The van der Waals surface area contributed by atoms with Gasteiger partial charge in [0.2, 0.25) is 0 Å². The molecular weight excluding hydrogens is 669 g/mol. The van der Waals surface area contributed by atoms with E-state index in [9.17, 15) is 0 Å². The van der Waals surface area contributed by atoms with E-state index in [-0.39, 0.29) is 0 Å². The maximum atomic E-state index is 6.81. The predicted molar refractivity (Wildman–Crippen MR) is 230 cm³/mol. The number of fused-ring (bicyclic) bond motifs is 2. The minimum Gasteiger partial charge on any atom is -0.456 e. The quantitative estimate of drug-likeness (QED) is 0.157. The van der Waals surface area contributed by atoms with E-state index in [1.807, 2.05) is 0 Å². The molecule has 3 heteroatoms. The number of hydrogen-bond acceptors (Lipinski definition) is 3. The summed E-state index contributed by atoms with van der Waals surface area (Å²) in [5.74, 6) is 1.74. The van der Waals surface area contributed by atoms with Gasteiger partial charge in [0, 0.05) is 45.1 Å². The maximum Gasteiger partial charge on any atom is 0.136 e. The van der Waals surface area contributed by atoms with Crippen LogP contribution in [0.5, 0.6) is 11.5 Å². The maximum absolute atomic E-state index is 6.81. The van der Waals surface area contributed by atoms with Crippen molar-refractivity contribution in [3.8, 4) is 44.9 Å². The third-order valence-electron chi connectivity index (χ3n) is 10.4. The third-order valence-corrected chi connectivity index (χ3v) is 10.4. The van der Waals surface area contributed by atoms with Gasteiger partial charge in [-0.15, -0.1) is 0 Å². The predicted octanol–water partition coefficient (Wildman–Crippen LogP) is 14.9. The van der Waals surface area contributed by atoms with Crippen LogP contribution in [0.4, 0.5) is 34.1 Å². The SMILES string of the molecule is c1ccc(N(c2ccccc2)c2ccc(-c3ccc4c(c3)Oc3cc(-c5ccc(N(c6ccccc6)c6ccccc6)cc5)cc5cccc-4c35)cc2)cc1. The molecule has 0 atom stereocenters. The topological polar surface area (TPSA) is 15.7 Å². The lowest BCUT2D eigenvalue weighted by atomic mass is 9.91. The van der Waals surface area contributed by atoms with Crippen molar-refractivity contribution in [2.45, 2.75) is 0 Å². The molecule has 0 saturated carbocycles. The molecule has 0 amide bonds. The molecule has 0 aromatic heterocycles. The number of benzene rings is 9. The highest BCUT2D eigenvalue weighted by Gasteiger charge is 2.22. The Bertz CT molecular complexity index is 2670. The van der Waals surface area contributed by atoms with Crippen molar-refractivity contribution in [2.24, 2.45) is 0 Å². The number of hydrogen-bond donors (Lipinski definition) is 0. The molecule has 0 radical (unpaired) electrons. The highest BCUT2D eigenvalue weighted by atomic mass is 16.5. The van der Waals surface area contributed by atoms with E-state index in [4.69, 9.17) is 4.74 Å². The van der Waals surface area contributed by atoms with Crippen molar-refractivity contribution in [2.75, 3.05) is 9.80 Å². The molecule has 9 aromatic rings. The Kier molecular flexibility index (Phi) is 8.16. The first-order valence-corrected chi connectivity index (χ1v) is 18.7. The van der Waals surface area contributed by atoms with Crippen LogP contribution in [0.3, 0.4) is 0 Å². The van der Waals surface area contributed by atoms with E-state index in [1.165, 1.54) is 5.56 Å². The van der Waals surface area contributed by atoms with E-state index >= 15 is 0 Å². The second kappa shape index (κ2) is 13.9. The monoisotopic (exact) mass is 704 g/mol. The van der Waals surface area contributed by atoms with Gasteiger partial charge in [-0.2, -0.15) is 0 Å². The largest absolute Gasteiger partial charge is 0.456 e. The van der Waals surface area contributed by atoms with Crippen LogP contribution in [0.25, 0.3) is 44.2 Å². The fourth-order valence-electron chi connectivity index (χ4n) is 7.80. The Morgan fingerprint density at radius 1 is 0.273 bits per heavy atom. The minimum atomic E-state index is 0.866. The Balaban J connectivity index is 0.971. The Morgan fingerprint density at radius 3 is 1.18 bits per heavy atom. The molecule has 0 bridgehead atoms. The van der Waals surface area contributed by atoms with Gasteiger partial charge < -0.3 is 14.5 Å². The van der Waals surface area contributed by atoms with Crippen molar-refractivity contribution in [3.05, 3.63) is 218 Å². The molecule has 10 rings (SSSR count). The summed E-state index contributed by atoms with van der Waals surface area (Å²) >= 11 is 0. The summed E-state index contributed by atoms with van der Waals surface area (Å²) in [5.41, 5.74) is 13.5. The summed E-state index contributed by atoms with van der Waals surface area (Å²) in [6, 6.07) is 77.3. The summed E-state index contributed by atoms with van der Waals surface area (Å²) in [6.45, 7) is 0.